The Morgan fingerprint density at radius 3 is 0.875 bits per heavy atom. The first-order valence-electron chi connectivity index (χ1n) is 10.6. The molecule has 0 aliphatic carbocycles. The van der Waals surface area contributed by atoms with Crippen molar-refractivity contribution in [3.63, 3.8) is 0 Å². The van der Waals surface area contributed by atoms with Gasteiger partial charge in [-0.05, 0) is 60.4 Å². The maximum absolute atomic E-state index is 3.22. The quantitative estimate of drug-likeness (QED) is 0.326. The lowest BCUT2D eigenvalue weighted by Crippen LogP contribution is -2.17. The highest BCUT2D eigenvalue weighted by Crippen LogP contribution is 2.25. The average Bonchev–Trinajstić information content (AvgIpc) is 2.88. The van der Waals surface area contributed by atoms with Gasteiger partial charge in [-0.3, -0.25) is 0 Å². The van der Waals surface area contributed by atoms with Crippen molar-refractivity contribution in [1.29, 1.82) is 0 Å². The van der Waals surface area contributed by atoms with Crippen LogP contribution in [0, 0.1) is 23.7 Å². The second kappa shape index (κ2) is 11.1. The number of hydrogen-bond acceptors (Lipinski definition) is 2. The molecule has 4 aromatic carbocycles. The molecule has 0 unspecified atom stereocenters. The lowest BCUT2D eigenvalue weighted by Gasteiger charge is -2.22. The van der Waals surface area contributed by atoms with E-state index in [9.17, 15) is 0 Å². The lowest BCUT2D eigenvalue weighted by molar-refractivity contribution is 1.12. The van der Waals surface area contributed by atoms with Gasteiger partial charge in [-0.2, -0.15) is 0 Å². The molecule has 0 saturated heterocycles. The largest absolute Gasteiger partial charge is 0.330 e. The van der Waals surface area contributed by atoms with E-state index in [2.05, 4.69) is 82.0 Å². The average molecular weight is 413 g/mol. The highest BCUT2D eigenvalue weighted by Gasteiger charge is 2.07. The fourth-order valence-corrected chi connectivity index (χ4v) is 3.42. The Balaban J connectivity index is 1.48. The molecule has 0 aliphatic rings. The van der Waals surface area contributed by atoms with Crippen molar-refractivity contribution in [1.82, 2.24) is 0 Å². The van der Waals surface area contributed by atoms with Crippen LogP contribution < -0.4 is 9.80 Å². The number of para-hydroxylation sites is 4. The Kier molecular flexibility index (Phi) is 7.25. The number of rotatable bonds is 6. The Morgan fingerprint density at radius 2 is 0.625 bits per heavy atom. The summed E-state index contributed by atoms with van der Waals surface area (Å²) in [6, 6.07) is 41.2. The van der Waals surface area contributed by atoms with E-state index in [-0.39, 0.29) is 0 Å². The van der Waals surface area contributed by atoms with Crippen molar-refractivity contribution in [2.45, 2.75) is 0 Å². The molecule has 0 radical (unpaired) electrons. The van der Waals surface area contributed by atoms with E-state index in [0.717, 1.165) is 22.7 Å². The summed E-state index contributed by atoms with van der Waals surface area (Å²) in [6.45, 7) is 1.15. The van der Waals surface area contributed by atoms with E-state index in [0.29, 0.717) is 13.1 Å². The van der Waals surface area contributed by atoms with Crippen molar-refractivity contribution >= 4 is 22.7 Å². The van der Waals surface area contributed by atoms with E-state index in [1.54, 1.807) is 0 Å². The zero-order chi connectivity index (χ0) is 21.8. The molecule has 4 rings (SSSR count). The van der Waals surface area contributed by atoms with Crippen molar-refractivity contribution < 1.29 is 0 Å². The van der Waals surface area contributed by atoms with E-state index in [1.165, 1.54) is 0 Å². The van der Waals surface area contributed by atoms with Gasteiger partial charge in [0.25, 0.3) is 0 Å². The fourth-order valence-electron chi connectivity index (χ4n) is 3.42. The molecule has 2 nitrogen and oxygen atoms in total. The molecule has 0 saturated carbocycles. The molecule has 0 amide bonds. The molecule has 0 N–H and O–H groups in total. The van der Waals surface area contributed by atoms with Gasteiger partial charge in [0, 0.05) is 22.7 Å². The van der Waals surface area contributed by atoms with Crippen LogP contribution in [0.4, 0.5) is 22.7 Å². The zero-order valence-electron chi connectivity index (χ0n) is 17.9. The molecule has 0 aliphatic heterocycles. The van der Waals surface area contributed by atoms with Crippen LogP contribution in [-0.4, -0.2) is 13.1 Å². The SMILES string of the molecule is C(C#CCN(c1ccccc1)c1ccccc1)#CCN(c1ccccc1)c1ccccc1. The van der Waals surface area contributed by atoms with Gasteiger partial charge >= 0.3 is 0 Å². The maximum atomic E-state index is 3.22. The van der Waals surface area contributed by atoms with Gasteiger partial charge in [-0.15, -0.1) is 0 Å². The van der Waals surface area contributed by atoms with Gasteiger partial charge in [0.2, 0.25) is 0 Å². The first-order valence-corrected chi connectivity index (χ1v) is 10.6. The van der Waals surface area contributed by atoms with Crippen molar-refractivity contribution in [2.75, 3.05) is 22.9 Å². The van der Waals surface area contributed by atoms with Crippen LogP contribution in [0.25, 0.3) is 0 Å². The van der Waals surface area contributed by atoms with E-state index >= 15 is 0 Å². The monoisotopic (exact) mass is 412 g/mol. The third-order valence-corrected chi connectivity index (χ3v) is 4.99. The van der Waals surface area contributed by atoms with Crippen LogP contribution in [0.2, 0.25) is 0 Å². The molecule has 0 atom stereocenters. The molecular formula is C30H24N2. The lowest BCUT2D eigenvalue weighted by atomic mass is 10.2. The molecular weight excluding hydrogens is 388 g/mol. The molecule has 154 valence electrons. The van der Waals surface area contributed by atoms with Gasteiger partial charge in [-0.1, -0.05) is 84.6 Å². The number of nitrogens with zero attached hydrogens (tertiary/aromatic N) is 2. The van der Waals surface area contributed by atoms with Gasteiger partial charge in [0.1, 0.15) is 0 Å². The van der Waals surface area contributed by atoms with Gasteiger partial charge in [-0.25, -0.2) is 0 Å². The Bertz CT molecular complexity index is 1030. The normalized spacial score (nSPS) is 9.62. The smallest absolute Gasteiger partial charge is 0.0853 e. The topological polar surface area (TPSA) is 6.48 Å². The van der Waals surface area contributed by atoms with Crippen molar-refractivity contribution in [3.8, 4) is 23.7 Å². The summed E-state index contributed by atoms with van der Waals surface area (Å²) < 4.78 is 0. The molecule has 0 heterocycles. The van der Waals surface area contributed by atoms with Gasteiger partial charge in [0.15, 0.2) is 0 Å². The summed E-state index contributed by atoms with van der Waals surface area (Å²) in [7, 11) is 0. The Hall–Kier alpha value is -4.40. The van der Waals surface area contributed by atoms with Crippen LogP contribution in [0.1, 0.15) is 0 Å². The number of benzene rings is 4. The Labute approximate surface area is 190 Å². The summed E-state index contributed by atoms with van der Waals surface area (Å²) in [6.07, 6.45) is 0. The van der Waals surface area contributed by atoms with Crippen LogP contribution in [0.15, 0.2) is 121 Å². The summed E-state index contributed by atoms with van der Waals surface area (Å²) >= 11 is 0. The predicted molar refractivity (Wildman–Crippen MR) is 135 cm³/mol. The molecule has 0 fully saturated rings. The summed E-state index contributed by atoms with van der Waals surface area (Å²) in [5.74, 6) is 12.5. The van der Waals surface area contributed by atoms with Crippen LogP contribution in [0.3, 0.4) is 0 Å². The third kappa shape index (κ3) is 5.60. The highest BCUT2D eigenvalue weighted by molar-refractivity contribution is 5.65. The van der Waals surface area contributed by atoms with Crippen LogP contribution >= 0.6 is 0 Å². The molecule has 0 bridgehead atoms. The summed E-state index contributed by atoms with van der Waals surface area (Å²) in [5.41, 5.74) is 4.45. The predicted octanol–water partition coefficient (Wildman–Crippen LogP) is 6.67. The Morgan fingerprint density at radius 1 is 0.375 bits per heavy atom. The standard InChI is InChI=1S/C30H24N2/c1(15-25-31(27-17-7-3-8-18-27)28-19-9-4-10-20-28)2-16-26-32(29-21-11-5-12-22-29)30-23-13-6-14-24-30/h3-14,17-24H,25-26H2. The fraction of sp³-hybridized carbons (Fsp3) is 0.0667. The highest BCUT2D eigenvalue weighted by atomic mass is 15.1. The molecule has 0 spiro atoms. The number of anilines is 4. The second-order valence-electron chi connectivity index (χ2n) is 7.12. The zero-order valence-corrected chi connectivity index (χ0v) is 17.9. The minimum atomic E-state index is 0.573. The van der Waals surface area contributed by atoms with E-state index in [1.807, 2.05) is 72.8 Å². The first-order chi connectivity index (χ1) is 15.9. The first kappa shape index (κ1) is 20.9. The molecule has 0 aromatic heterocycles. The van der Waals surface area contributed by atoms with E-state index in [4.69, 9.17) is 0 Å². The van der Waals surface area contributed by atoms with Gasteiger partial charge in [0.05, 0.1) is 13.1 Å². The van der Waals surface area contributed by atoms with Crippen LogP contribution in [-0.2, 0) is 0 Å². The van der Waals surface area contributed by atoms with E-state index < -0.39 is 0 Å². The molecule has 2 heteroatoms. The minimum Gasteiger partial charge on any atom is -0.330 e. The third-order valence-electron chi connectivity index (χ3n) is 4.99. The maximum Gasteiger partial charge on any atom is 0.0853 e. The molecule has 4 aromatic rings. The summed E-state index contributed by atoms with van der Waals surface area (Å²) in [5, 5.41) is 0. The van der Waals surface area contributed by atoms with Crippen molar-refractivity contribution in [3.05, 3.63) is 121 Å². The number of hydrogen-bond donors (Lipinski definition) is 0. The van der Waals surface area contributed by atoms with Gasteiger partial charge < -0.3 is 9.80 Å². The van der Waals surface area contributed by atoms with Crippen LogP contribution in [0.5, 0.6) is 0 Å². The molecule has 32 heavy (non-hydrogen) atoms. The summed E-state index contributed by atoms with van der Waals surface area (Å²) in [4.78, 5) is 4.38. The minimum absolute atomic E-state index is 0.573. The second-order valence-corrected chi connectivity index (χ2v) is 7.12. The van der Waals surface area contributed by atoms with Crippen molar-refractivity contribution in [2.24, 2.45) is 0 Å².